The smallest absolute Gasteiger partial charge is 0.260 e. The fraction of sp³-hybridized carbons (Fsp3) is 0.625. The van der Waals surface area contributed by atoms with E-state index in [2.05, 4.69) is 17.2 Å². The number of aromatic nitrogens is 1. The molecule has 1 aromatic rings. The highest BCUT2D eigenvalue weighted by Gasteiger charge is 2.14. The number of ether oxygens (including phenoxy) is 1. The maximum atomic E-state index is 12.0. The van der Waals surface area contributed by atoms with Gasteiger partial charge in [0, 0.05) is 25.3 Å². The summed E-state index contributed by atoms with van der Waals surface area (Å²) in [6.45, 7) is 9.65. The van der Waals surface area contributed by atoms with Gasteiger partial charge in [0.2, 0.25) is 0 Å². The van der Waals surface area contributed by atoms with Gasteiger partial charge in [-0.3, -0.25) is 9.78 Å². The standard InChI is InChI=1S/C16H27N3O2/c1-6-9-17-10-14-15(8-7-13(4)18-14)21-11-16(20)19(5)12(2)3/h7-8,12,17H,6,9-11H2,1-5H3. The van der Waals surface area contributed by atoms with Crippen LogP contribution in [0.5, 0.6) is 5.75 Å². The third kappa shape index (κ3) is 5.71. The molecule has 21 heavy (non-hydrogen) atoms. The molecule has 0 aliphatic rings. The van der Waals surface area contributed by atoms with E-state index in [0.717, 1.165) is 24.4 Å². The van der Waals surface area contributed by atoms with Crippen LogP contribution in [0, 0.1) is 6.92 Å². The average molecular weight is 293 g/mol. The molecule has 0 radical (unpaired) electrons. The van der Waals surface area contributed by atoms with Gasteiger partial charge in [0.15, 0.2) is 6.61 Å². The predicted octanol–water partition coefficient (Wildman–Crippen LogP) is 2.14. The molecule has 1 rings (SSSR count). The van der Waals surface area contributed by atoms with Crippen LogP contribution < -0.4 is 10.1 Å². The number of rotatable bonds is 8. The van der Waals surface area contributed by atoms with Crippen LogP contribution in [0.4, 0.5) is 0 Å². The number of nitrogens with zero attached hydrogens (tertiary/aromatic N) is 2. The van der Waals surface area contributed by atoms with Crippen molar-refractivity contribution < 1.29 is 9.53 Å². The minimum Gasteiger partial charge on any atom is -0.482 e. The molecule has 5 heteroatoms. The van der Waals surface area contributed by atoms with Crippen LogP contribution in [0.1, 0.15) is 38.6 Å². The zero-order valence-corrected chi connectivity index (χ0v) is 13.8. The van der Waals surface area contributed by atoms with Crippen LogP contribution in [0.25, 0.3) is 0 Å². The van der Waals surface area contributed by atoms with Crippen molar-refractivity contribution in [2.45, 2.75) is 46.7 Å². The summed E-state index contributed by atoms with van der Waals surface area (Å²) < 4.78 is 5.66. The average Bonchev–Trinajstić information content (AvgIpc) is 2.45. The maximum absolute atomic E-state index is 12.0. The molecule has 1 amide bonds. The van der Waals surface area contributed by atoms with Gasteiger partial charge in [-0.05, 0) is 45.9 Å². The van der Waals surface area contributed by atoms with E-state index >= 15 is 0 Å². The Morgan fingerprint density at radius 3 is 2.76 bits per heavy atom. The number of pyridine rings is 1. The molecule has 0 aliphatic heterocycles. The Kier molecular flexibility index (Phi) is 7.15. The Balaban J connectivity index is 2.67. The second-order valence-corrected chi connectivity index (χ2v) is 5.46. The normalized spacial score (nSPS) is 10.8. The highest BCUT2D eigenvalue weighted by atomic mass is 16.5. The quantitative estimate of drug-likeness (QED) is 0.746. The van der Waals surface area contributed by atoms with Crippen molar-refractivity contribution in [3.05, 3.63) is 23.5 Å². The second-order valence-electron chi connectivity index (χ2n) is 5.46. The first kappa shape index (κ1) is 17.4. The molecular formula is C16H27N3O2. The SMILES string of the molecule is CCCNCc1nc(C)ccc1OCC(=O)N(C)C(C)C. The molecule has 0 saturated carbocycles. The van der Waals surface area contributed by atoms with Gasteiger partial charge in [-0.25, -0.2) is 0 Å². The summed E-state index contributed by atoms with van der Waals surface area (Å²) in [5.74, 6) is 0.646. The Hall–Kier alpha value is -1.62. The number of amides is 1. The Morgan fingerprint density at radius 2 is 2.14 bits per heavy atom. The molecule has 1 heterocycles. The Bertz CT molecular complexity index is 461. The van der Waals surface area contributed by atoms with Crippen LogP contribution in [0.3, 0.4) is 0 Å². The molecule has 0 atom stereocenters. The van der Waals surface area contributed by atoms with Crippen molar-refractivity contribution in [3.8, 4) is 5.75 Å². The lowest BCUT2D eigenvalue weighted by molar-refractivity contribution is -0.133. The topological polar surface area (TPSA) is 54.5 Å². The van der Waals surface area contributed by atoms with Gasteiger partial charge in [0.05, 0.1) is 5.69 Å². The van der Waals surface area contributed by atoms with E-state index in [0.29, 0.717) is 12.3 Å². The van der Waals surface area contributed by atoms with Gasteiger partial charge in [-0.15, -0.1) is 0 Å². The number of carbonyl (C=O) groups excluding carboxylic acids is 1. The van der Waals surface area contributed by atoms with Gasteiger partial charge >= 0.3 is 0 Å². The Labute approximate surface area is 127 Å². The maximum Gasteiger partial charge on any atom is 0.260 e. The van der Waals surface area contributed by atoms with Crippen molar-refractivity contribution >= 4 is 5.91 Å². The van der Waals surface area contributed by atoms with Crippen LogP contribution in [0.15, 0.2) is 12.1 Å². The van der Waals surface area contributed by atoms with E-state index < -0.39 is 0 Å². The first-order valence-corrected chi connectivity index (χ1v) is 7.51. The van der Waals surface area contributed by atoms with Crippen molar-refractivity contribution in [3.63, 3.8) is 0 Å². The molecule has 0 unspecified atom stereocenters. The van der Waals surface area contributed by atoms with E-state index in [4.69, 9.17) is 4.74 Å². The number of nitrogens with one attached hydrogen (secondary N) is 1. The number of aryl methyl sites for hydroxylation is 1. The fourth-order valence-corrected chi connectivity index (χ4v) is 1.77. The van der Waals surface area contributed by atoms with Crippen LogP contribution >= 0.6 is 0 Å². The molecule has 0 spiro atoms. The largest absolute Gasteiger partial charge is 0.482 e. The van der Waals surface area contributed by atoms with Crippen molar-refractivity contribution in [1.29, 1.82) is 0 Å². The third-order valence-electron chi connectivity index (χ3n) is 3.31. The molecule has 0 aliphatic carbocycles. The molecule has 0 saturated heterocycles. The van der Waals surface area contributed by atoms with Gasteiger partial charge in [0.1, 0.15) is 5.75 Å². The van der Waals surface area contributed by atoms with Gasteiger partial charge in [-0.1, -0.05) is 6.92 Å². The number of hydrogen-bond acceptors (Lipinski definition) is 4. The van der Waals surface area contributed by atoms with Crippen LogP contribution in [-0.4, -0.2) is 42.0 Å². The molecule has 0 aromatic carbocycles. The first-order valence-electron chi connectivity index (χ1n) is 7.51. The van der Waals surface area contributed by atoms with Crippen molar-refractivity contribution in [2.75, 3.05) is 20.2 Å². The monoisotopic (exact) mass is 293 g/mol. The second kappa shape index (κ2) is 8.62. The molecule has 1 N–H and O–H groups in total. The fourth-order valence-electron chi connectivity index (χ4n) is 1.77. The van der Waals surface area contributed by atoms with Crippen molar-refractivity contribution in [1.82, 2.24) is 15.2 Å². The summed E-state index contributed by atoms with van der Waals surface area (Å²) in [5, 5.41) is 3.31. The molecule has 0 fully saturated rings. The Morgan fingerprint density at radius 1 is 1.43 bits per heavy atom. The molecule has 1 aromatic heterocycles. The number of carbonyl (C=O) groups is 1. The van der Waals surface area contributed by atoms with E-state index in [9.17, 15) is 4.79 Å². The summed E-state index contributed by atoms with van der Waals surface area (Å²) in [7, 11) is 1.79. The lowest BCUT2D eigenvalue weighted by Gasteiger charge is -2.21. The van der Waals surface area contributed by atoms with E-state index in [1.807, 2.05) is 32.9 Å². The summed E-state index contributed by atoms with van der Waals surface area (Å²) in [5.41, 5.74) is 1.80. The van der Waals surface area contributed by atoms with Gasteiger partial charge in [0.25, 0.3) is 5.91 Å². The lowest BCUT2D eigenvalue weighted by Crippen LogP contribution is -2.36. The molecular weight excluding hydrogens is 266 g/mol. The zero-order valence-electron chi connectivity index (χ0n) is 13.8. The first-order chi connectivity index (χ1) is 9.95. The van der Waals surface area contributed by atoms with E-state index in [-0.39, 0.29) is 18.6 Å². The minimum absolute atomic E-state index is 0.0296. The van der Waals surface area contributed by atoms with Crippen molar-refractivity contribution in [2.24, 2.45) is 0 Å². The number of likely N-dealkylation sites (N-methyl/N-ethyl adjacent to an activating group) is 1. The summed E-state index contributed by atoms with van der Waals surface area (Å²) in [4.78, 5) is 18.1. The minimum atomic E-state index is -0.0296. The van der Waals surface area contributed by atoms with Crippen LogP contribution in [0.2, 0.25) is 0 Å². The molecule has 118 valence electrons. The summed E-state index contributed by atoms with van der Waals surface area (Å²) >= 11 is 0. The molecule has 5 nitrogen and oxygen atoms in total. The number of hydrogen-bond donors (Lipinski definition) is 1. The summed E-state index contributed by atoms with van der Waals surface area (Å²) in [6, 6.07) is 3.95. The zero-order chi connectivity index (χ0) is 15.8. The van der Waals surface area contributed by atoms with E-state index in [1.165, 1.54) is 0 Å². The van der Waals surface area contributed by atoms with Gasteiger partial charge < -0.3 is 15.0 Å². The lowest BCUT2D eigenvalue weighted by atomic mass is 10.2. The van der Waals surface area contributed by atoms with E-state index in [1.54, 1.807) is 11.9 Å². The molecule has 0 bridgehead atoms. The predicted molar refractivity (Wildman–Crippen MR) is 84.4 cm³/mol. The third-order valence-corrected chi connectivity index (χ3v) is 3.31. The highest BCUT2D eigenvalue weighted by molar-refractivity contribution is 5.77. The summed E-state index contributed by atoms with van der Waals surface area (Å²) in [6.07, 6.45) is 1.07. The highest BCUT2D eigenvalue weighted by Crippen LogP contribution is 2.17. The van der Waals surface area contributed by atoms with Crippen LogP contribution in [-0.2, 0) is 11.3 Å². The van der Waals surface area contributed by atoms with Gasteiger partial charge in [-0.2, -0.15) is 0 Å².